The number of benzene rings is 3. The quantitative estimate of drug-likeness (QED) is 0.267. The van der Waals surface area contributed by atoms with Crippen molar-refractivity contribution in [3.63, 3.8) is 0 Å². The minimum atomic E-state index is -0.952. The van der Waals surface area contributed by atoms with Gasteiger partial charge in [0.1, 0.15) is 23.6 Å². The average molecular weight is 728 g/mol. The molecule has 0 spiro atoms. The Morgan fingerprint density at radius 3 is 2.38 bits per heavy atom. The first-order chi connectivity index (χ1) is 25.6. The second-order valence-corrected chi connectivity index (χ2v) is 13.5. The fraction of sp³-hybridized carbons (Fsp3) is 0.425. The molecule has 3 aliphatic rings. The number of hydrogen-bond acceptors (Lipinski definition) is 8. The van der Waals surface area contributed by atoms with Crippen LogP contribution in [0.4, 0.5) is 0 Å². The summed E-state index contributed by atoms with van der Waals surface area (Å²) in [5.74, 6) is 0.116. The van der Waals surface area contributed by atoms with E-state index in [1.165, 1.54) is 19.1 Å². The second kappa shape index (κ2) is 18.8. The number of methoxy groups -OCH3 is 2. The Bertz CT molecular complexity index is 1760. The summed E-state index contributed by atoms with van der Waals surface area (Å²) >= 11 is 0. The number of fused-ring (bicyclic) bond motifs is 18. The lowest BCUT2D eigenvalue weighted by Gasteiger charge is -2.25. The van der Waals surface area contributed by atoms with Crippen LogP contribution in [0.15, 0.2) is 66.7 Å². The van der Waals surface area contributed by atoms with E-state index in [4.69, 9.17) is 14.2 Å². The number of nitrogens with one attached hydrogen (secondary N) is 4. The van der Waals surface area contributed by atoms with Crippen LogP contribution >= 0.6 is 0 Å². The molecule has 13 nitrogen and oxygen atoms in total. The number of nitrogens with zero attached hydrogens (tertiary/aromatic N) is 1. The van der Waals surface area contributed by atoms with Gasteiger partial charge in [0.15, 0.2) is 11.5 Å². The molecule has 3 aromatic rings. The van der Waals surface area contributed by atoms with E-state index in [0.717, 1.165) is 18.4 Å². The zero-order valence-corrected chi connectivity index (χ0v) is 30.6. The molecule has 4 bridgehead atoms. The number of carbonyl (C=O) groups is 5. The third-order valence-corrected chi connectivity index (χ3v) is 9.32. The molecule has 13 heteroatoms. The molecule has 2 heterocycles. The van der Waals surface area contributed by atoms with Crippen molar-refractivity contribution in [3.05, 3.63) is 83.4 Å². The Morgan fingerprint density at radius 2 is 1.64 bits per heavy atom. The van der Waals surface area contributed by atoms with Crippen LogP contribution in [0.1, 0.15) is 66.9 Å². The van der Waals surface area contributed by atoms with Gasteiger partial charge in [-0.15, -0.1) is 0 Å². The smallest absolute Gasteiger partial charge is 0.251 e. The molecule has 2 aliphatic heterocycles. The van der Waals surface area contributed by atoms with Gasteiger partial charge in [0.2, 0.25) is 23.6 Å². The predicted molar refractivity (Wildman–Crippen MR) is 198 cm³/mol. The van der Waals surface area contributed by atoms with Gasteiger partial charge < -0.3 is 40.4 Å². The predicted octanol–water partition coefficient (Wildman–Crippen LogP) is 3.89. The number of aryl methyl sites for hydroxylation is 1. The Labute approximate surface area is 310 Å². The molecular formula is C40H49N5O8. The van der Waals surface area contributed by atoms with Crippen molar-refractivity contribution >= 4 is 29.5 Å². The van der Waals surface area contributed by atoms with E-state index in [1.54, 1.807) is 43.3 Å². The largest absolute Gasteiger partial charge is 0.496 e. The normalized spacial score (nSPS) is 19.3. The molecular weight excluding hydrogens is 678 g/mol. The fourth-order valence-electron chi connectivity index (χ4n) is 6.03. The van der Waals surface area contributed by atoms with Crippen LogP contribution in [0.3, 0.4) is 0 Å². The first kappa shape index (κ1) is 38.6. The lowest BCUT2D eigenvalue weighted by atomic mass is 10.0. The number of rotatable bonds is 7. The molecule has 1 saturated carbocycles. The summed E-state index contributed by atoms with van der Waals surface area (Å²) < 4.78 is 17.2. The minimum Gasteiger partial charge on any atom is -0.496 e. The molecule has 0 aromatic heterocycles. The highest BCUT2D eigenvalue weighted by Gasteiger charge is 2.29. The van der Waals surface area contributed by atoms with Gasteiger partial charge in [-0.05, 0) is 87.3 Å². The van der Waals surface area contributed by atoms with Crippen molar-refractivity contribution in [2.75, 3.05) is 33.9 Å². The first-order valence-corrected chi connectivity index (χ1v) is 18.1. The van der Waals surface area contributed by atoms with E-state index in [1.807, 2.05) is 30.3 Å². The molecule has 1 fully saturated rings. The standard InChI is InChI=1S/C40H49N5O8/c1-26-38(48)42-24-30-14-16-31(23-34(30)52-3)53-35-22-29(15-18-33(35)51-2)39(49)41-19-7-8-20-45(37(47)21-28-11-12-28)25-36(46)44-32(40(50)43-26)17-13-27-9-5-4-6-10-27/h4-6,9-10,14-16,18,22-23,26,28,32H,7-8,11-13,17,19-21,24-25H2,1-3H3,(H,41,49)(H,42,48)(H,43,50)(H,44,46)/t26-,32-/m0/s1. The van der Waals surface area contributed by atoms with Gasteiger partial charge in [-0.1, -0.05) is 30.3 Å². The number of hydrogen-bond donors (Lipinski definition) is 4. The number of amides is 5. The molecule has 0 saturated heterocycles. The maximum atomic E-state index is 13.6. The van der Waals surface area contributed by atoms with Crippen molar-refractivity contribution in [1.29, 1.82) is 0 Å². The van der Waals surface area contributed by atoms with Gasteiger partial charge in [0.05, 0.1) is 20.8 Å². The lowest BCUT2D eigenvalue weighted by Crippen LogP contribution is -2.54. The van der Waals surface area contributed by atoms with Gasteiger partial charge in [0.25, 0.3) is 5.91 Å². The average Bonchev–Trinajstić information content (AvgIpc) is 3.98. The Kier molecular flexibility index (Phi) is 13.7. The summed E-state index contributed by atoms with van der Waals surface area (Å²) in [6.07, 6.45) is 4.24. The molecule has 0 radical (unpaired) electrons. The molecule has 53 heavy (non-hydrogen) atoms. The highest BCUT2D eigenvalue weighted by molar-refractivity contribution is 5.95. The number of carbonyl (C=O) groups excluding carboxylic acids is 5. The molecule has 3 aromatic carbocycles. The van der Waals surface area contributed by atoms with Gasteiger partial charge >= 0.3 is 0 Å². The zero-order valence-electron chi connectivity index (χ0n) is 30.6. The lowest BCUT2D eigenvalue weighted by molar-refractivity contribution is -0.137. The maximum absolute atomic E-state index is 13.6. The monoisotopic (exact) mass is 727 g/mol. The summed E-state index contributed by atoms with van der Waals surface area (Å²) in [5.41, 5.74) is 2.02. The highest BCUT2D eigenvalue weighted by Crippen LogP contribution is 2.35. The van der Waals surface area contributed by atoms with Crippen LogP contribution in [0, 0.1) is 5.92 Å². The van der Waals surface area contributed by atoms with Crippen molar-refractivity contribution in [2.45, 2.75) is 70.5 Å². The third-order valence-electron chi connectivity index (χ3n) is 9.32. The minimum absolute atomic E-state index is 0.0976. The summed E-state index contributed by atoms with van der Waals surface area (Å²) in [5, 5.41) is 11.4. The van der Waals surface area contributed by atoms with Crippen LogP contribution in [-0.2, 0) is 32.1 Å². The van der Waals surface area contributed by atoms with Crippen LogP contribution in [-0.4, -0.2) is 80.4 Å². The van der Waals surface area contributed by atoms with E-state index >= 15 is 0 Å². The zero-order chi connectivity index (χ0) is 37.7. The van der Waals surface area contributed by atoms with E-state index in [2.05, 4.69) is 21.3 Å². The Hall–Kier alpha value is -5.59. The third kappa shape index (κ3) is 11.4. The van der Waals surface area contributed by atoms with Gasteiger partial charge in [-0.3, -0.25) is 24.0 Å². The van der Waals surface area contributed by atoms with Gasteiger partial charge in [0, 0.05) is 43.2 Å². The molecule has 0 unspecified atom stereocenters. The topological polar surface area (TPSA) is 164 Å². The fourth-order valence-corrected chi connectivity index (χ4v) is 6.03. The van der Waals surface area contributed by atoms with Crippen LogP contribution in [0.25, 0.3) is 0 Å². The van der Waals surface area contributed by atoms with E-state index in [0.29, 0.717) is 78.8 Å². The van der Waals surface area contributed by atoms with E-state index < -0.39 is 29.8 Å². The SMILES string of the molecule is COc1cc2ccc1CNC(=O)[C@H](C)NC(=O)[C@H](CCc1ccccc1)NC(=O)CN(C(=O)CC1CC1)CCCCNC(=O)c1ccc(OC)c(c1)O2. The van der Waals surface area contributed by atoms with Crippen molar-refractivity contribution < 1.29 is 38.2 Å². The Balaban J connectivity index is 1.37. The summed E-state index contributed by atoms with van der Waals surface area (Å²) in [4.78, 5) is 68.2. The van der Waals surface area contributed by atoms with Crippen molar-refractivity contribution in [3.8, 4) is 23.0 Å². The van der Waals surface area contributed by atoms with Gasteiger partial charge in [-0.25, -0.2) is 0 Å². The van der Waals surface area contributed by atoms with Crippen LogP contribution < -0.4 is 35.5 Å². The molecule has 2 atom stereocenters. The van der Waals surface area contributed by atoms with Crippen LogP contribution in [0.5, 0.6) is 23.0 Å². The van der Waals surface area contributed by atoms with Crippen LogP contribution in [0.2, 0.25) is 0 Å². The molecule has 6 rings (SSSR count). The highest BCUT2D eigenvalue weighted by atomic mass is 16.5. The maximum Gasteiger partial charge on any atom is 0.251 e. The van der Waals surface area contributed by atoms with E-state index in [9.17, 15) is 24.0 Å². The molecule has 4 N–H and O–H groups in total. The van der Waals surface area contributed by atoms with Crippen molar-refractivity contribution in [2.24, 2.45) is 5.92 Å². The molecule has 1 aliphatic carbocycles. The van der Waals surface area contributed by atoms with Crippen molar-refractivity contribution in [1.82, 2.24) is 26.2 Å². The first-order valence-electron chi connectivity index (χ1n) is 18.1. The second-order valence-electron chi connectivity index (χ2n) is 13.5. The van der Waals surface area contributed by atoms with E-state index in [-0.39, 0.29) is 31.3 Å². The molecule has 282 valence electrons. The summed E-state index contributed by atoms with van der Waals surface area (Å²) in [6, 6.07) is 17.7. The summed E-state index contributed by atoms with van der Waals surface area (Å²) in [6.45, 7) is 2.13. The Morgan fingerprint density at radius 1 is 0.868 bits per heavy atom. The van der Waals surface area contributed by atoms with Gasteiger partial charge in [-0.2, -0.15) is 0 Å². The summed E-state index contributed by atoms with van der Waals surface area (Å²) in [7, 11) is 3.01. The molecule has 5 amide bonds. The number of ether oxygens (including phenoxy) is 3.